The molecule has 2 aromatic heterocycles. The van der Waals surface area contributed by atoms with Crippen LogP contribution in [0.15, 0.2) is 45.4 Å². The number of aromatic nitrogens is 2. The van der Waals surface area contributed by atoms with Gasteiger partial charge >= 0.3 is 12.2 Å². The van der Waals surface area contributed by atoms with E-state index < -0.39 is 52.7 Å². The highest BCUT2D eigenvalue weighted by Gasteiger charge is 2.37. The van der Waals surface area contributed by atoms with Gasteiger partial charge in [0.1, 0.15) is 34.5 Å². The summed E-state index contributed by atoms with van der Waals surface area (Å²) in [6.45, 7) is 15.1. The molecular weight excluding hydrogens is 660 g/mol. The average molecular weight is 701 g/mol. The maximum absolute atomic E-state index is 14.2. The fraction of sp³-hybridized carbons (Fsp3) is 0.444. The summed E-state index contributed by atoms with van der Waals surface area (Å²) in [7, 11) is 0. The lowest BCUT2D eigenvalue weighted by Crippen LogP contribution is -2.45. The van der Waals surface area contributed by atoms with Crippen molar-refractivity contribution in [3.63, 3.8) is 0 Å². The number of amides is 2. The van der Waals surface area contributed by atoms with Crippen LogP contribution in [-0.2, 0) is 28.9 Å². The van der Waals surface area contributed by atoms with Gasteiger partial charge in [0, 0.05) is 48.7 Å². The lowest BCUT2D eigenvalue weighted by Gasteiger charge is -2.34. The summed E-state index contributed by atoms with van der Waals surface area (Å²) in [6, 6.07) is 6.00. The number of halogens is 4. The molecule has 268 valence electrons. The van der Waals surface area contributed by atoms with Crippen LogP contribution in [0.1, 0.15) is 83.9 Å². The molecule has 0 N–H and O–H groups in total. The SMILES string of the molecule is CC1Cc2noc(-c3ccc(F)cc3F)c2CN1C(=O)OC(C)(C)C.CC1c2c(noc2-c2ccc(F)cc2F)CCN1C(=O)OC(C)(C)C. The number of benzene rings is 2. The Kier molecular flexibility index (Phi) is 10.0. The van der Waals surface area contributed by atoms with Crippen LogP contribution in [-0.4, -0.2) is 56.1 Å². The summed E-state index contributed by atoms with van der Waals surface area (Å²) in [5.41, 5.74) is 1.60. The molecule has 0 saturated heterocycles. The van der Waals surface area contributed by atoms with Gasteiger partial charge in [0.15, 0.2) is 11.5 Å². The molecule has 10 nitrogen and oxygen atoms in total. The Hall–Kier alpha value is -4.88. The van der Waals surface area contributed by atoms with Crippen molar-refractivity contribution in [2.45, 2.75) is 98.1 Å². The molecule has 2 amide bonds. The van der Waals surface area contributed by atoms with Crippen molar-refractivity contribution in [3.8, 4) is 22.6 Å². The van der Waals surface area contributed by atoms with Gasteiger partial charge in [-0.2, -0.15) is 0 Å². The maximum Gasteiger partial charge on any atom is 0.410 e. The van der Waals surface area contributed by atoms with Gasteiger partial charge in [-0.3, -0.25) is 0 Å². The molecule has 6 rings (SSSR count). The van der Waals surface area contributed by atoms with Gasteiger partial charge in [-0.1, -0.05) is 10.3 Å². The number of carbonyl (C=O) groups is 2. The normalized spacial score (nSPS) is 17.4. The zero-order chi connectivity index (χ0) is 36.7. The van der Waals surface area contributed by atoms with Gasteiger partial charge in [-0.05, 0) is 79.7 Å². The quantitative estimate of drug-likeness (QED) is 0.191. The van der Waals surface area contributed by atoms with E-state index in [-0.39, 0.29) is 35.2 Å². The maximum atomic E-state index is 14.2. The van der Waals surface area contributed by atoms with Crippen LogP contribution >= 0.6 is 0 Å². The van der Waals surface area contributed by atoms with E-state index in [1.807, 2.05) is 13.8 Å². The Labute approximate surface area is 287 Å². The smallest absolute Gasteiger partial charge is 0.410 e. The lowest BCUT2D eigenvalue weighted by atomic mass is 9.95. The Morgan fingerprint density at radius 1 is 0.760 bits per heavy atom. The molecule has 14 heteroatoms. The summed E-state index contributed by atoms with van der Waals surface area (Å²) in [4.78, 5) is 28.0. The van der Waals surface area contributed by atoms with E-state index in [4.69, 9.17) is 18.5 Å². The number of nitrogens with zero attached hydrogens (tertiary/aromatic N) is 4. The molecule has 4 aromatic rings. The number of hydrogen-bond acceptors (Lipinski definition) is 8. The van der Waals surface area contributed by atoms with Crippen molar-refractivity contribution in [1.29, 1.82) is 0 Å². The minimum Gasteiger partial charge on any atom is -0.444 e. The van der Waals surface area contributed by atoms with Gasteiger partial charge < -0.3 is 28.3 Å². The van der Waals surface area contributed by atoms with E-state index in [0.717, 1.165) is 24.3 Å². The standard InChI is InChI=1S/2C18H20F2N2O3/c1-10-7-15-13(9-22(10)17(23)24-18(2,3)4)16(25-21-15)12-6-5-11(19)8-14(12)20;1-10-15-14(7-8-22(10)17(23)24-18(2,3)4)21-25-16(15)12-6-5-11(19)9-13(12)20/h5-6,8,10H,7,9H2,1-4H3;5-6,9-10H,7-8H2,1-4H3. The monoisotopic (exact) mass is 700 g/mol. The summed E-state index contributed by atoms with van der Waals surface area (Å²) >= 11 is 0. The molecular formula is C36H40F4N4O6. The number of carbonyl (C=O) groups excluding carboxylic acids is 2. The molecule has 2 atom stereocenters. The molecule has 2 aromatic carbocycles. The first-order valence-electron chi connectivity index (χ1n) is 16.2. The third-order valence-corrected chi connectivity index (χ3v) is 8.10. The first-order chi connectivity index (χ1) is 23.3. The molecule has 0 radical (unpaired) electrons. The highest BCUT2D eigenvalue weighted by Crippen LogP contribution is 2.39. The van der Waals surface area contributed by atoms with Crippen molar-refractivity contribution in [3.05, 3.63) is 82.2 Å². The summed E-state index contributed by atoms with van der Waals surface area (Å²) in [5.74, 6) is -2.38. The Balaban J connectivity index is 0.000000194. The van der Waals surface area contributed by atoms with Crippen molar-refractivity contribution in [2.75, 3.05) is 6.54 Å². The lowest BCUT2D eigenvalue weighted by molar-refractivity contribution is 0.0133. The molecule has 0 spiro atoms. The van der Waals surface area contributed by atoms with Gasteiger partial charge in [0.05, 0.1) is 35.1 Å². The predicted molar refractivity (Wildman–Crippen MR) is 174 cm³/mol. The number of ether oxygens (including phenoxy) is 2. The second-order valence-corrected chi connectivity index (χ2v) is 14.3. The molecule has 4 heterocycles. The van der Waals surface area contributed by atoms with Crippen LogP contribution < -0.4 is 0 Å². The van der Waals surface area contributed by atoms with E-state index in [1.54, 1.807) is 51.3 Å². The van der Waals surface area contributed by atoms with Crippen LogP contribution in [0.2, 0.25) is 0 Å². The van der Waals surface area contributed by atoms with Gasteiger partial charge in [0.25, 0.3) is 0 Å². The van der Waals surface area contributed by atoms with Crippen LogP contribution in [0.25, 0.3) is 22.6 Å². The second kappa shape index (κ2) is 13.8. The molecule has 0 fully saturated rings. The highest BCUT2D eigenvalue weighted by atomic mass is 19.1. The molecule has 0 saturated carbocycles. The fourth-order valence-electron chi connectivity index (χ4n) is 5.79. The number of rotatable bonds is 2. The molecule has 2 unspecified atom stereocenters. The molecule has 0 bridgehead atoms. The van der Waals surface area contributed by atoms with E-state index in [1.165, 1.54) is 12.1 Å². The molecule has 2 aliphatic heterocycles. The van der Waals surface area contributed by atoms with E-state index in [0.29, 0.717) is 41.9 Å². The topological polar surface area (TPSA) is 111 Å². The van der Waals surface area contributed by atoms with Crippen molar-refractivity contribution >= 4 is 12.2 Å². The summed E-state index contributed by atoms with van der Waals surface area (Å²) in [6.07, 6.45) is 0.0568. The van der Waals surface area contributed by atoms with E-state index >= 15 is 0 Å². The fourth-order valence-corrected chi connectivity index (χ4v) is 5.79. The van der Waals surface area contributed by atoms with Crippen LogP contribution in [0.3, 0.4) is 0 Å². The third kappa shape index (κ3) is 7.95. The van der Waals surface area contributed by atoms with Crippen molar-refractivity contribution in [1.82, 2.24) is 20.1 Å². The number of hydrogen-bond donors (Lipinski definition) is 0. The van der Waals surface area contributed by atoms with Crippen LogP contribution in [0, 0.1) is 23.3 Å². The van der Waals surface area contributed by atoms with Gasteiger partial charge in [-0.25, -0.2) is 27.2 Å². The van der Waals surface area contributed by atoms with Crippen molar-refractivity contribution < 1.29 is 45.7 Å². The first-order valence-corrected chi connectivity index (χ1v) is 16.2. The molecule has 2 aliphatic rings. The summed E-state index contributed by atoms with van der Waals surface area (Å²) in [5, 5.41) is 8.00. The Morgan fingerprint density at radius 3 is 1.80 bits per heavy atom. The molecule has 50 heavy (non-hydrogen) atoms. The minimum atomic E-state index is -0.736. The Bertz CT molecular complexity index is 1870. The molecule has 0 aliphatic carbocycles. The largest absolute Gasteiger partial charge is 0.444 e. The third-order valence-electron chi connectivity index (χ3n) is 8.10. The van der Waals surface area contributed by atoms with Crippen LogP contribution in [0.5, 0.6) is 0 Å². The first kappa shape index (κ1) is 36.4. The summed E-state index contributed by atoms with van der Waals surface area (Å²) < 4.78 is 76.1. The zero-order valence-electron chi connectivity index (χ0n) is 29.2. The van der Waals surface area contributed by atoms with Crippen LogP contribution in [0.4, 0.5) is 27.2 Å². The highest BCUT2D eigenvalue weighted by molar-refractivity contribution is 5.72. The predicted octanol–water partition coefficient (Wildman–Crippen LogP) is 8.78. The second-order valence-electron chi connectivity index (χ2n) is 14.3. The van der Waals surface area contributed by atoms with Crippen molar-refractivity contribution in [2.24, 2.45) is 0 Å². The van der Waals surface area contributed by atoms with Gasteiger partial charge in [0.2, 0.25) is 0 Å². The van der Waals surface area contributed by atoms with E-state index in [2.05, 4.69) is 10.3 Å². The number of fused-ring (bicyclic) bond motifs is 2. The van der Waals surface area contributed by atoms with E-state index in [9.17, 15) is 27.2 Å². The Morgan fingerprint density at radius 2 is 1.26 bits per heavy atom. The minimum absolute atomic E-state index is 0.119. The van der Waals surface area contributed by atoms with Gasteiger partial charge in [-0.15, -0.1) is 0 Å². The average Bonchev–Trinajstić information content (AvgIpc) is 3.60. The zero-order valence-corrected chi connectivity index (χ0v) is 29.2.